The van der Waals surface area contributed by atoms with Gasteiger partial charge in [-0.25, -0.2) is 4.98 Å². The van der Waals surface area contributed by atoms with Crippen molar-refractivity contribution < 1.29 is 9.53 Å². The van der Waals surface area contributed by atoms with Crippen LogP contribution in [-0.4, -0.2) is 67.9 Å². The van der Waals surface area contributed by atoms with Crippen molar-refractivity contribution in [1.82, 2.24) is 29.7 Å². The number of ether oxygens (including phenoxy) is 1. The van der Waals surface area contributed by atoms with Gasteiger partial charge in [0.1, 0.15) is 12.3 Å². The van der Waals surface area contributed by atoms with E-state index in [9.17, 15) is 4.79 Å². The highest BCUT2D eigenvalue weighted by Gasteiger charge is 2.23. The van der Waals surface area contributed by atoms with Gasteiger partial charge in [-0.2, -0.15) is 4.98 Å². The Kier molecular flexibility index (Phi) is 8.47. The molecule has 3 aromatic heterocycles. The SMILES string of the molecule is CC(C)N1CCN(C(=O)c2ccc(-c3cncc(-c4cc(OCc5ccccc5)nc(-c5ccccn5)n4)c3)cc2)CC1. The summed E-state index contributed by atoms with van der Waals surface area (Å²) < 4.78 is 6.10. The summed E-state index contributed by atoms with van der Waals surface area (Å²) in [5, 5.41) is 0. The fourth-order valence-electron chi connectivity index (χ4n) is 5.16. The van der Waals surface area contributed by atoms with Crippen LogP contribution in [0.1, 0.15) is 29.8 Å². The quantitative estimate of drug-likeness (QED) is 0.226. The molecule has 0 radical (unpaired) electrons. The lowest BCUT2D eigenvalue weighted by atomic mass is 10.0. The number of rotatable bonds is 8. The van der Waals surface area contributed by atoms with Crippen molar-refractivity contribution in [3.8, 4) is 39.8 Å². The largest absolute Gasteiger partial charge is 0.473 e. The highest BCUT2D eigenvalue weighted by molar-refractivity contribution is 5.94. The first-order valence-electron chi connectivity index (χ1n) is 14.6. The average Bonchev–Trinajstić information content (AvgIpc) is 3.08. The summed E-state index contributed by atoms with van der Waals surface area (Å²) >= 11 is 0. The molecule has 216 valence electrons. The van der Waals surface area contributed by atoms with Crippen molar-refractivity contribution in [2.24, 2.45) is 0 Å². The van der Waals surface area contributed by atoms with Gasteiger partial charge in [0.15, 0.2) is 5.82 Å². The van der Waals surface area contributed by atoms with Crippen LogP contribution in [-0.2, 0) is 6.61 Å². The van der Waals surface area contributed by atoms with Crippen LogP contribution in [0.3, 0.4) is 0 Å². The molecule has 1 aliphatic heterocycles. The molecule has 0 saturated carbocycles. The third-order valence-corrected chi connectivity index (χ3v) is 7.66. The van der Waals surface area contributed by atoms with E-state index in [2.05, 4.69) is 33.7 Å². The second kappa shape index (κ2) is 12.9. The van der Waals surface area contributed by atoms with Crippen LogP contribution in [0.4, 0.5) is 0 Å². The van der Waals surface area contributed by atoms with Crippen LogP contribution in [0.25, 0.3) is 33.9 Å². The maximum Gasteiger partial charge on any atom is 0.253 e. The topological polar surface area (TPSA) is 84.3 Å². The van der Waals surface area contributed by atoms with Gasteiger partial charge in [-0.15, -0.1) is 0 Å². The minimum absolute atomic E-state index is 0.0768. The molecule has 5 aromatic rings. The Hall–Kier alpha value is -4.95. The van der Waals surface area contributed by atoms with Crippen LogP contribution in [0.2, 0.25) is 0 Å². The zero-order valence-electron chi connectivity index (χ0n) is 24.4. The Morgan fingerprint density at radius 2 is 1.53 bits per heavy atom. The molecule has 0 unspecified atom stereocenters. The van der Waals surface area contributed by atoms with Crippen molar-refractivity contribution in [2.75, 3.05) is 26.2 Å². The number of carbonyl (C=O) groups is 1. The summed E-state index contributed by atoms with van der Waals surface area (Å²) in [4.78, 5) is 35.9. The number of benzene rings is 2. The Labute approximate surface area is 252 Å². The summed E-state index contributed by atoms with van der Waals surface area (Å²) in [5.41, 5.74) is 5.79. The fraction of sp³-hybridized carbons (Fsp3) is 0.229. The molecule has 1 amide bonds. The zero-order chi connectivity index (χ0) is 29.6. The number of aromatic nitrogens is 4. The van der Waals surface area contributed by atoms with Crippen molar-refractivity contribution in [1.29, 1.82) is 0 Å². The molecule has 0 N–H and O–H groups in total. The number of piperazine rings is 1. The van der Waals surface area contributed by atoms with Gasteiger partial charge in [-0.1, -0.05) is 48.5 Å². The Morgan fingerprint density at radius 3 is 2.26 bits per heavy atom. The van der Waals surface area contributed by atoms with E-state index >= 15 is 0 Å². The molecule has 1 fully saturated rings. The lowest BCUT2D eigenvalue weighted by Crippen LogP contribution is -2.50. The molecule has 8 nitrogen and oxygen atoms in total. The zero-order valence-corrected chi connectivity index (χ0v) is 24.4. The predicted molar refractivity (Wildman–Crippen MR) is 167 cm³/mol. The monoisotopic (exact) mass is 570 g/mol. The molecule has 6 rings (SSSR count). The maximum absolute atomic E-state index is 13.2. The van der Waals surface area contributed by atoms with Gasteiger partial charge in [0.2, 0.25) is 5.88 Å². The van der Waals surface area contributed by atoms with Crippen LogP contribution >= 0.6 is 0 Å². The summed E-state index contributed by atoms with van der Waals surface area (Å²) in [6, 6.07) is 27.7. The highest BCUT2D eigenvalue weighted by atomic mass is 16.5. The van der Waals surface area contributed by atoms with E-state index in [-0.39, 0.29) is 5.91 Å². The van der Waals surface area contributed by atoms with E-state index in [1.54, 1.807) is 12.4 Å². The number of hydrogen-bond acceptors (Lipinski definition) is 7. The fourth-order valence-corrected chi connectivity index (χ4v) is 5.16. The van der Waals surface area contributed by atoms with Crippen LogP contribution in [0, 0.1) is 0 Å². The molecule has 2 aromatic carbocycles. The molecule has 0 spiro atoms. The molecule has 0 atom stereocenters. The maximum atomic E-state index is 13.2. The molecule has 0 bridgehead atoms. The number of nitrogens with zero attached hydrogens (tertiary/aromatic N) is 6. The van der Waals surface area contributed by atoms with Crippen molar-refractivity contribution >= 4 is 5.91 Å². The highest BCUT2D eigenvalue weighted by Crippen LogP contribution is 2.28. The van der Waals surface area contributed by atoms with E-state index in [0.29, 0.717) is 41.3 Å². The number of pyridine rings is 2. The van der Waals surface area contributed by atoms with Crippen LogP contribution in [0.5, 0.6) is 5.88 Å². The van der Waals surface area contributed by atoms with Crippen molar-refractivity contribution in [3.05, 3.63) is 115 Å². The van der Waals surface area contributed by atoms with Gasteiger partial charge < -0.3 is 9.64 Å². The Balaban J connectivity index is 1.24. The van der Waals surface area contributed by atoms with E-state index < -0.39 is 0 Å². The summed E-state index contributed by atoms with van der Waals surface area (Å²) in [7, 11) is 0. The second-order valence-electron chi connectivity index (χ2n) is 10.9. The molecule has 1 aliphatic rings. The first kappa shape index (κ1) is 28.2. The van der Waals surface area contributed by atoms with Gasteiger partial charge >= 0.3 is 0 Å². The lowest BCUT2D eigenvalue weighted by molar-refractivity contribution is 0.0595. The first-order chi connectivity index (χ1) is 21.0. The van der Waals surface area contributed by atoms with Crippen LogP contribution < -0.4 is 4.74 Å². The van der Waals surface area contributed by atoms with Crippen LogP contribution in [0.15, 0.2) is 104 Å². The van der Waals surface area contributed by atoms with Crippen molar-refractivity contribution in [2.45, 2.75) is 26.5 Å². The Morgan fingerprint density at radius 1 is 0.791 bits per heavy atom. The second-order valence-corrected chi connectivity index (χ2v) is 10.9. The van der Waals surface area contributed by atoms with Gasteiger partial charge in [0.05, 0.1) is 5.69 Å². The molecular weight excluding hydrogens is 536 g/mol. The third-order valence-electron chi connectivity index (χ3n) is 7.66. The predicted octanol–water partition coefficient (Wildman–Crippen LogP) is 6.01. The van der Waals surface area contributed by atoms with Gasteiger partial charge in [0.25, 0.3) is 5.91 Å². The van der Waals surface area contributed by atoms with Gasteiger partial charge in [-0.05, 0) is 55.3 Å². The lowest BCUT2D eigenvalue weighted by Gasteiger charge is -2.37. The third kappa shape index (κ3) is 6.76. The normalized spacial score (nSPS) is 13.7. The van der Waals surface area contributed by atoms with E-state index in [4.69, 9.17) is 9.72 Å². The van der Waals surface area contributed by atoms with Gasteiger partial charge in [0, 0.05) is 73.6 Å². The van der Waals surface area contributed by atoms with E-state index in [1.807, 2.05) is 96.0 Å². The number of carbonyl (C=O) groups excluding carboxylic acids is 1. The molecule has 0 aliphatic carbocycles. The van der Waals surface area contributed by atoms with E-state index in [0.717, 1.165) is 48.4 Å². The summed E-state index contributed by atoms with van der Waals surface area (Å²) in [6.45, 7) is 8.10. The number of amides is 1. The molecule has 1 saturated heterocycles. The van der Waals surface area contributed by atoms with Crippen molar-refractivity contribution in [3.63, 3.8) is 0 Å². The minimum atomic E-state index is 0.0768. The molecule has 43 heavy (non-hydrogen) atoms. The van der Waals surface area contributed by atoms with Gasteiger partial charge in [-0.3, -0.25) is 19.7 Å². The molecule has 4 heterocycles. The minimum Gasteiger partial charge on any atom is -0.473 e. The number of hydrogen-bond donors (Lipinski definition) is 0. The van der Waals surface area contributed by atoms with E-state index in [1.165, 1.54) is 0 Å². The Bertz CT molecular complexity index is 1670. The standard InChI is InChI=1S/C35H34N6O2/c1-25(2)40-16-18-41(19-17-40)35(42)28-13-11-27(12-14-28)29-20-30(23-36-22-29)32-21-33(43-24-26-8-4-3-5-9-26)39-34(38-32)31-10-6-7-15-37-31/h3-15,20-23,25H,16-19,24H2,1-2H3. The smallest absolute Gasteiger partial charge is 0.253 e. The first-order valence-corrected chi connectivity index (χ1v) is 14.6. The average molecular weight is 571 g/mol. The summed E-state index contributed by atoms with van der Waals surface area (Å²) in [5.74, 6) is 1.01. The summed E-state index contributed by atoms with van der Waals surface area (Å²) in [6.07, 6.45) is 5.32. The molecular formula is C35H34N6O2. The molecule has 8 heteroatoms.